The Morgan fingerprint density at radius 2 is 1.90 bits per heavy atom. The molecule has 5 unspecified atom stereocenters. The van der Waals surface area contributed by atoms with Gasteiger partial charge in [0.1, 0.15) is 6.17 Å². The highest BCUT2D eigenvalue weighted by atomic mass is 32.2. The number of alkyl halides is 1. The second-order valence-electron chi connectivity index (χ2n) is 10.0. The summed E-state index contributed by atoms with van der Waals surface area (Å²) in [5.41, 5.74) is -0.608. The van der Waals surface area contributed by atoms with E-state index >= 15 is 0 Å². The third kappa shape index (κ3) is 4.69. The first-order valence-corrected chi connectivity index (χ1v) is 13.6. The van der Waals surface area contributed by atoms with E-state index in [1.54, 1.807) is 7.11 Å². The summed E-state index contributed by atoms with van der Waals surface area (Å²) in [5, 5.41) is 11.4. The lowest BCUT2D eigenvalue weighted by Gasteiger charge is -2.47. The smallest absolute Gasteiger partial charge is 0.154 e. The van der Waals surface area contributed by atoms with Crippen LogP contribution in [0.25, 0.3) is 0 Å². The van der Waals surface area contributed by atoms with Gasteiger partial charge in [0, 0.05) is 12.5 Å². The molecule has 0 radical (unpaired) electrons. The molecule has 0 aromatic heterocycles. The second-order valence-corrected chi connectivity index (χ2v) is 12.3. The first-order chi connectivity index (χ1) is 13.8. The summed E-state index contributed by atoms with van der Waals surface area (Å²) < 4.78 is 47.2. The number of unbranched alkanes of at least 4 members (excludes halogenated alkanes) is 1. The predicted octanol–water partition coefficient (Wildman–Crippen LogP) is 4.69. The van der Waals surface area contributed by atoms with E-state index in [1.165, 1.54) is 0 Å². The molecule has 0 aromatic carbocycles. The van der Waals surface area contributed by atoms with Gasteiger partial charge in [-0.2, -0.15) is 0 Å². The fourth-order valence-corrected chi connectivity index (χ4v) is 9.65. The molecule has 8 atom stereocenters. The van der Waals surface area contributed by atoms with Gasteiger partial charge in [0.15, 0.2) is 9.84 Å². The Bertz CT molecular complexity index is 639. The van der Waals surface area contributed by atoms with Crippen LogP contribution in [0.15, 0.2) is 0 Å². The number of aliphatic hydroxyl groups excluding tert-OH is 1. The van der Waals surface area contributed by atoms with E-state index in [0.717, 1.165) is 38.5 Å². The largest absolute Gasteiger partial charge is 0.392 e. The second kappa shape index (κ2) is 9.52. The molecule has 1 N–H and O–H groups in total. The van der Waals surface area contributed by atoms with Crippen LogP contribution in [0.4, 0.5) is 4.39 Å². The van der Waals surface area contributed by atoms with E-state index in [0.29, 0.717) is 32.1 Å². The molecule has 0 bridgehead atoms. The highest BCUT2D eigenvalue weighted by molar-refractivity contribution is 7.92. The number of ether oxygens (including phenoxy) is 1. The number of fused-ring (bicyclic) bond motifs is 1. The lowest BCUT2D eigenvalue weighted by Crippen LogP contribution is -2.49. The van der Waals surface area contributed by atoms with Gasteiger partial charge in [-0.3, -0.25) is 0 Å². The van der Waals surface area contributed by atoms with Crippen LogP contribution in [0.2, 0.25) is 0 Å². The van der Waals surface area contributed by atoms with E-state index in [-0.39, 0.29) is 29.6 Å². The van der Waals surface area contributed by atoms with Gasteiger partial charge in [0.2, 0.25) is 0 Å². The number of aliphatic hydroxyl groups is 1. The first-order valence-electron chi connectivity index (χ1n) is 11.8. The molecule has 3 aliphatic rings. The maximum Gasteiger partial charge on any atom is 0.154 e. The molecule has 6 heteroatoms. The summed E-state index contributed by atoms with van der Waals surface area (Å²) >= 11 is 0. The van der Waals surface area contributed by atoms with Gasteiger partial charge in [-0.05, 0) is 69.1 Å². The molecule has 4 nitrogen and oxygen atoms in total. The van der Waals surface area contributed by atoms with Crippen molar-refractivity contribution >= 4 is 9.84 Å². The van der Waals surface area contributed by atoms with Crippen molar-refractivity contribution in [1.29, 1.82) is 0 Å². The van der Waals surface area contributed by atoms with Crippen LogP contribution in [-0.2, 0) is 14.6 Å². The summed E-state index contributed by atoms with van der Waals surface area (Å²) in [4.78, 5) is 0. The molecule has 1 heterocycles. The highest BCUT2D eigenvalue weighted by Gasteiger charge is 2.57. The minimum absolute atomic E-state index is 0.0377. The monoisotopic (exact) mass is 432 g/mol. The quantitative estimate of drug-likeness (QED) is 0.661. The topological polar surface area (TPSA) is 63.6 Å². The number of halogens is 1. The minimum atomic E-state index is -3.33. The SMILES string of the molecule is CCCC[C@]1(CC)CS(=O)(=O)C2CCC(OC)CC2[C@H](C2CCCC(F)C2)[C@@H]1O. The molecule has 2 saturated carbocycles. The van der Waals surface area contributed by atoms with Crippen molar-refractivity contribution in [2.45, 2.75) is 108 Å². The van der Waals surface area contributed by atoms with Crippen molar-refractivity contribution in [3.05, 3.63) is 0 Å². The maximum atomic E-state index is 14.4. The molecule has 3 fully saturated rings. The summed E-state index contributed by atoms with van der Waals surface area (Å²) in [6, 6.07) is 0. The van der Waals surface area contributed by atoms with Crippen molar-refractivity contribution in [1.82, 2.24) is 0 Å². The Morgan fingerprint density at radius 3 is 2.52 bits per heavy atom. The molecule has 1 saturated heterocycles. The Labute approximate surface area is 176 Å². The van der Waals surface area contributed by atoms with Gasteiger partial charge in [-0.1, -0.05) is 33.1 Å². The van der Waals surface area contributed by atoms with Crippen molar-refractivity contribution in [2.24, 2.45) is 23.2 Å². The molecule has 1 aliphatic heterocycles. The molecule has 3 rings (SSSR count). The van der Waals surface area contributed by atoms with Gasteiger partial charge in [0.05, 0.1) is 23.2 Å². The number of hydrogen-bond acceptors (Lipinski definition) is 4. The minimum Gasteiger partial charge on any atom is -0.392 e. The Balaban J connectivity index is 2.05. The molecule has 0 amide bonds. The maximum absolute atomic E-state index is 14.4. The summed E-state index contributed by atoms with van der Waals surface area (Å²) in [7, 11) is -1.64. The Kier molecular flexibility index (Phi) is 7.70. The molecule has 29 heavy (non-hydrogen) atoms. The summed E-state index contributed by atoms with van der Waals surface area (Å²) in [6.07, 6.45) is 6.64. The number of methoxy groups -OCH3 is 1. The zero-order valence-corrected chi connectivity index (χ0v) is 19.3. The number of rotatable bonds is 6. The zero-order valence-electron chi connectivity index (χ0n) is 18.5. The molecule has 0 spiro atoms. The molecular formula is C23H41FO4S. The molecule has 0 aromatic rings. The lowest BCUT2D eigenvalue weighted by atomic mass is 9.60. The molecule has 170 valence electrons. The normalized spacial score (nSPS) is 45.3. The van der Waals surface area contributed by atoms with Gasteiger partial charge >= 0.3 is 0 Å². The molecular weight excluding hydrogens is 391 g/mol. The molecule has 2 aliphatic carbocycles. The highest BCUT2D eigenvalue weighted by Crippen LogP contribution is 2.53. The number of sulfone groups is 1. The van der Waals surface area contributed by atoms with Crippen LogP contribution in [0, 0.1) is 23.2 Å². The van der Waals surface area contributed by atoms with Crippen LogP contribution in [0.3, 0.4) is 0 Å². The van der Waals surface area contributed by atoms with E-state index in [2.05, 4.69) is 6.92 Å². The van der Waals surface area contributed by atoms with Crippen LogP contribution in [0.1, 0.15) is 84.5 Å². The average Bonchev–Trinajstić information content (AvgIpc) is 2.77. The van der Waals surface area contributed by atoms with Gasteiger partial charge in [-0.25, -0.2) is 12.8 Å². The standard InChI is InChI=1S/C23H41FO4S/c1-4-6-12-23(5-2)15-29(26,27)20-11-10-18(28-3)14-19(20)21(22(23)25)16-8-7-9-17(24)13-16/h16-22,25H,4-15H2,1-3H3/t16?,17?,18?,19?,20?,21-,22-,23+/m0/s1. The summed E-state index contributed by atoms with van der Waals surface area (Å²) in [5.74, 6) is -0.124. The van der Waals surface area contributed by atoms with Crippen LogP contribution in [-0.4, -0.2) is 50.0 Å². The van der Waals surface area contributed by atoms with Gasteiger partial charge < -0.3 is 9.84 Å². The van der Waals surface area contributed by atoms with Gasteiger partial charge in [0.25, 0.3) is 0 Å². The summed E-state index contributed by atoms with van der Waals surface area (Å²) in [6.45, 7) is 4.13. The predicted molar refractivity (Wildman–Crippen MR) is 114 cm³/mol. The fraction of sp³-hybridized carbons (Fsp3) is 1.00. The average molecular weight is 433 g/mol. The van der Waals surface area contributed by atoms with E-state index in [1.807, 2.05) is 6.92 Å². The van der Waals surface area contributed by atoms with E-state index < -0.39 is 32.8 Å². The third-order valence-electron chi connectivity index (χ3n) is 8.48. The van der Waals surface area contributed by atoms with Crippen LogP contribution in [0.5, 0.6) is 0 Å². The Morgan fingerprint density at radius 1 is 1.14 bits per heavy atom. The third-order valence-corrected chi connectivity index (χ3v) is 11.0. The zero-order chi connectivity index (χ0) is 21.2. The lowest BCUT2D eigenvalue weighted by molar-refractivity contribution is -0.0793. The van der Waals surface area contributed by atoms with E-state index in [9.17, 15) is 17.9 Å². The van der Waals surface area contributed by atoms with Gasteiger partial charge in [-0.15, -0.1) is 0 Å². The van der Waals surface area contributed by atoms with Crippen LogP contribution < -0.4 is 0 Å². The van der Waals surface area contributed by atoms with E-state index in [4.69, 9.17) is 4.74 Å². The van der Waals surface area contributed by atoms with Crippen molar-refractivity contribution in [2.75, 3.05) is 12.9 Å². The van der Waals surface area contributed by atoms with Crippen molar-refractivity contribution < 1.29 is 22.7 Å². The number of hydrogen-bond donors (Lipinski definition) is 1. The fourth-order valence-electron chi connectivity index (χ4n) is 6.80. The van der Waals surface area contributed by atoms with Crippen LogP contribution >= 0.6 is 0 Å². The van der Waals surface area contributed by atoms with Crippen molar-refractivity contribution in [3.63, 3.8) is 0 Å². The van der Waals surface area contributed by atoms with Crippen molar-refractivity contribution in [3.8, 4) is 0 Å². The Hall–Kier alpha value is -0.200. The first kappa shape index (κ1) is 23.5.